The summed E-state index contributed by atoms with van der Waals surface area (Å²) < 4.78 is 10.9. The standard InChI is InChI=1S/C16H25O2.BrH.Mg/c1-3-8-15(2)9-7-12-17-14-18-13-16-10-5-4-6-11-16;;/h3-6,10-11,15H,7-9,12-14H2,1-2H3;1H;/q-1;;+2/p-1. The smallest absolute Gasteiger partial charge is 1.00 e. The van der Waals surface area contributed by atoms with Crippen LogP contribution in [-0.2, 0) is 16.1 Å². The maximum absolute atomic E-state index is 5.45. The number of rotatable bonds is 10. The molecule has 0 saturated heterocycles. The SMILES string of the molecule is C[CH-]CC(C)CCCOCOCc1ccccc1.[Br-].[Mg+2]. The molecular weight excluding hydrogens is 328 g/mol. The van der Waals surface area contributed by atoms with E-state index in [4.69, 9.17) is 9.47 Å². The van der Waals surface area contributed by atoms with Crippen molar-refractivity contribution in [3.8, 4) is 0 Å². The minimum absolute atomic E-state index is 0. The molecule has 0 aromatic heterocycles. The Morgan fingerprint density at radius 2 is 1.85 bits per heavy atom. The molecule has 1 aromatic rings. The Hall–Kier alpha value is 0.386. The fraction of sp³-hybridized carbons (Fsp3) is 0.562. The van der Waals surface area contributed by atoms with Gasteiger partial charge >= 0.3 is 23.1 Å². The second-order valence-electron chi connectivity index (χ2n) is 4.75. The second-order valence-corrected chi connectivity index (χ2v) is 4.75. The molecule has 20 heavy (non-hydrogen) atoms. The molecule has 110 valence electrons. The third kappa shape index (κ3) is 12.2. The molecule has 1 unspecified atom stereocenters. The van der Waals surface area contributed by atoms with Crippen LogP contribution in [0.4, 0.5) is 0 Å². The number of hydrogen-bond donors (Lipinski definition) is 0. The predicted molar refractivity (Wildman–Crippen MR) is 80.8 cm³/mol. The van der Waals surface area contributed by atoms with Crippen molar-refractivity contribution in [2.24, 2.45) is 5.92 Å². The van der Waals surface area contributed by atoms with Gasteiger partial charge in [0.05, 0.1) is 6.61 Å². The van der Waals surface area contributed by atoms with E-state index in [9.17, 15) is 0 Å². The number of benzene rings is 1. The molecule has 0 N–H and O–H groups in total. The summed E-state index contributed by atoms with van der Waals surface area (Å²) in [6, 6.07) is 10.2. The first-order valence-corrected chi connectivity index (χ1v) is 6.80. The molecule has 0 saturated carbocycles. The van der Waals surface area contributed by atoms with Crippen LogP contribution in [0.3, 0.4) is 0 Å². The zero-order valence-corrected chi connectivity index (χ0v) is 15.7. The Bertz CT molecular complexity index is 296. The Kier molecular flexibility index (Phi) is 17.9. The zero-order chi connectivity index (χ0) is 13.1. The summed E-state index contributed by atoms with van der Waals surface area (Å²) in [6.07, 6.45) is 5.77. The summed E-state index contributed by atoms with van der Waals surface area (Å²) in [4.78, 5) is 0. The first-order valence-electron chi connectivity index (χ1n) is 6.80. The minimum atomic E-state index is 0. The van der Waals surface area contributed by atoms with Crippen LogP contribution in [0.25, 0.3) is 0 Å². The van der Waals surface area contributed by atoms with Crippen LogP contribution in [-0.4, -0.2) is 36.5 Å². The summed E-state index contributed by atoms with van der Waals surface area (Å²) in [5.41, 5.74) is 1.19. The largest absolute Gasteiger partial charge is 2.00 e. The zero-order valence-electron chi connectivity index (χ0n) is 12.7. The molecule has 0 bridgehead atoms. The molecule has 1 aromatic carbocycles. The van der Waals surface area contributed by atoms with Crippen molar-refractivity contribution in [3.05, 3.63) is 42.3 Å². The molecule has 0 radical (unpaired) electrons. The number of ether oxygens (including phenoxy) is 2. The molecule has 0 spiro atoms. The van der Waals surface area contributed by atoms with Crippen molar-refractivity contribution < 1.29 is 26.5 Å². The van der Waals surface area contributed by atoms with Crippen molar-refractivity contribution in [2.45, 2.75) is 39.7 Å². The Labute approximate surface area is 150 Å². The van der Waals surface area contributed by atoms with Gasteiger partial charge in [-0.3, -0.25) is 0 Å². The normalized spacial score (nSPS) is 11.3. The van der Waals surface area contributed by atoms with Crippen molar-refractivity contribution in [1.82, 2.24) is 0 Å². The van der Waals surface area contributed by atoms with Crippen LogP contribution >= 0.6 is 0 Å². The minimum Gasteiger partial charge on any atom is -1.00 e. The maximum Gasteiger partial charge on any atom is 2.00 e. The number of halogens is 1. The van der Waals surface area contributed by atoms with Crippen LogP contribution in [0.2, 0.25) is 0 Å². The molecule has 1 atom stereocenters. The van der Waals surface area contributed by atoms with E-state index >= 15 is 0 Å². The van der Waals surface area contributed by atoms with E-state index in [-0.39, 0.29) is 40.0 Å². The van der Waals surface area contributed by atoms with Gasteiger partial charge in [-0.15, -0.1) is 0 Å². The fourth-order valence-corrected chi connectivity index (χ4v) is 1.91. The van der Waals surface area contributed by atoms with E-state index in [1.165, 1.54) is 18.4 Å². The van der Waals surface area contributed by atoms with E-state index in [1.807, 2.05) is 18.2 Å². The van der Waals surface area contributed by atoms with Crippen LogP contribution in [0.1, 0.15) is 38.7 Å². The summed E-state index contributed by atoms with van der Waals surface area (Å²) in [5.74, 6) is 0.767. The molecule has 0 heterocycles. The van der Waals surface area contributed by atoms with Crippen molar-refractivity contribution >= 4 is 23.1 Å². The van der Waals surface area contributed by atoms with Crippen LogP contribution in [0, 0.1) is 12.3 Å². The molecular formula is C16H25BrMgO2. The molecule has 1 rings (SSSR count). The van der Waals surface area contributed by atoms with E-state index in [0.29, 0.717) is 13.4 Å². The summed E-state index contributed by atoms with van der Waals surface area (Å²) in [5, 5.41) is 0. The Morgan fingerprint density at radius 3 is 2.50 bits per heavy atom. The maximum atomic E-state index is 5.45. The molecule has 0 aliphatic rings. The van der Waals surface area contributed by atoms with Gasteiger partial charge in [-0.2, -0.15) is 13.3 Å². The van der Waals surface area contributed by atoms with Gasteiger partial charge in [0.2, 0.25) is 0 Å². The molecule has 2 nitrogen and oxygen atoms in total. The van der Waals surface area contributed by atoms with Gasteiger partial charge in [0, 0.05) is 6.61 Å². The quantitative estimate of drug-likeness (QED) is 0.268. The van der Waals surface area contributed by atoms with Crippen LogP contribution in [0.5, 0.6) is 0 Å². The average molecular weight is 354 g/mol. The summed E-state index contributed by atoms with van der Waals surface area (Å²) >= 11 is 0. The molecule has 4 heteroatoms. The fourth-order valence-electron chi connectivity index (χ4n) is 1.91. The molecule has 0 aliphatic carbocycles. The van der Waals surface area contributed by atoms with Gasteiger partial charge in [-0.05, 0) is 12.0 Å². The molecule has 0 fully saturated rings. The summed E-state index contributed by atoms with van der Waals surface area (Å²) in [7, 11) is 0. The first-order chi connectivity index (χ1) is 8.83. The summed E-state index contributed by atoms with van der Waals surface area (Å²) in [6.45, 7) is 6.21. The second kappa shape index (κ2) is 15.8. The van der Waals surface area contributed by atoms with Gasteiger partial charge in [0.25, 0.3) is 0 Å². The van der Waals surface area contributed by atoms with E-state index < -0.39 is 0 Å². The van der Waals surface area contributed by atoms with E-state index in [2.05, 4.69) is 32.4 Å². The van der Waals surface area contributed by atoms with Gasteiger partial charge in [-0.25, -0.2) is 0 Å². The van der Waals surface area contributed by atoms with Crippen LogP contribution in [0.15, 0.2) is 30.3 Å². The third-order valence-corrected chi connectivity index (χ3v) is 2.90. The van der Waals surface area contributed by atoms with E-state index in [1.54, 1.807) is 0 Å². The van der Waals surface area contributed by atoms with Gasteiger partial charge < -0.3 is 32.9 Å². The Morgan fingerprint density at radius 1 is 1.15 bits per heavy atom. The predicted octanol–water partition coefficient (Wildman–Crippen LogP) is 0.831. The topological polar surface area (TPSA) is 18.5 Å². The monoisotopic (exact) mass is 352 g/mol. The average Bonchev–Trinajstić information content (AvgIpc) is 2.39. The van der Waals surface area contributed by atoms with Crippen molar-refractivity contribution in [2.75, 3.05) is 13.4 Å². The van der Waals surface area contributed by atoms with Gasteiger partial charge in [0.1, 0.15) is 6.79 Å². The molecule has 0 amide bonds. The van der Waals surface area contributed by atoms with Crippen molar-refractivity contribution in [1.29, 1.82) is 0 Å². The molecule has 0 aliphatic heterocycles. The Balaban J connectivity index is 0. The van der Waals surface area contributed by atoms with Gasteiger partial charge in [-0.1, -0.05) is 49.6 Å². The third-order valence-electron chi connectivity index (χ3n) is 2.90. The van der Waals surface area contributed by atoms with Gasteiger partial charge in [0.15, 0.2) is 0 Å². The van der Waals surface area contributed by atoms with Crippen molar-refractivity contribution in [3.63, 3.8) is 0 Å². The first kappa shape index (κ1) is 22.7. The number of hydrogen-bond acceptors (Lipinski definition) is 2. The van der Waals surface area contributed by atoms with Crippen LogP contribution < -0.4 is 17.0 Å². The van der Waals surface area contributed by atoms with E-state index in [0.717, 1.165) is 18.9 Å².